The van der Waals surface area contributed by atoms with E-state index >= 15 is 0 Å². The third-order valence-corrected chi connectivity index (χ3v) is 6.18. The number of hydrogen-bond acceptors (Lipinski definition) is 6. The molecule has 2 N–H and O–H groups in total. The SMILES string of the molecule is COc1cc2c(cc1CN1CCN(c3nc(C(N)=O)cs3)CC1)CCC2. The van der Waals surface area contributed by atoms with Crippen LogP contribution in [0.1, 0.15) is 33.6 Å². The van der Waals surface area contributed by atoms with Gasteiger partial charge in [-0.25, -0.2) is 4.98 Å². The summed E-state index contributed by atoms with van der Waals surface area (Å²) in [5.74, 6) is 0.550. The number of nitrogens with two attached hydrogens (primary N) is 1. The lowest BCUT2D eigenvalue weighted by Gasteiger charge is -2.34. The highest BCUT2D eigenvalue weighted by atomic mass is 32.1. The molecule has 1 fully saturated rings. The lowest BCUT2D eigenvalue weighted by Crippen LogP contribution is -2.46. The summed E-state index contributed by atoms with van der Waals surface area (Å²) >= 11 is 1.48. The van der Waals surface area contributed by atoms with Gasteiger partial charge in [0, 0.05) is 43.7 Å². The Kier molecular flexibility index (Phi) is 4.82. The zero-order valence-corrected chi connectivity index (χ0v) is 15.8. The third kappa shape index (κ3) is 3.41. The second-order valence-corrected chi connectivity index (χ2v) is 7.77. The molecule has 2 aliphatic rings. The van der Waals surface area contributed by atoms with E-state index in [4.69, 9.17) is 10.5 Å². The van der Waals surface area contributed by atoms with Gasteiger partial charge < -0.3 is 15.4 Å². The first-order chi connectivity index (χ1) is 12.6. The number of primary amides is 1. The van der Waals surface area contributed by atoms with Gasteiger partial charge >= 0.3 is 0 Å². The average molecular weight is 372 g/mol. The van der Waals surface area contributed by atoms with E-state index in [1.54, 1.807) is 12.5 Å². The van der Waals surface area contributed by atoms with E-state index in [1.807, 2.05) is 0 Å². The molecular formula is C19H24N4O2S. The molecule has 4 rings (SSSR count). The van der Waals surface area contributed by atoms with Crippen molar-refractivity contribution in [3.63, 3.8) is 0 Å². The number of aromatic nitrogens is 1. The zero-order chi connectivity index (χ0) is 18.1. The molecule has 1 aromatic heterocycles. The number of hydrogen-bond donors (Lipinski definition) is 1. The van der Waals surface area contributed by atoms with Crippen LogP contribution in [0.3, 0.4) is 0 Å². The molecule has 0 saturated carbocycles. The first kappa shape index (κ1) is 17.3. The second-order valence-electron chi connectivity index (χ2n) is 6.93. The van der Waals surface area contributed by atoms with Gasteiger partial charge in [0.1, 0.15) is 11.4 Å². The van der Waals surface area contributed by atoms with Crippen molar-refractivity contribution in [1.29, 1.82) is 0 Å². The van der Waals surface area contributed by atoms with E-state index in [2.05, 4.69) is 26.9 Å². The van der Waals surface area contributed by atoms with Crippen molar-refractivity contribution in [3.8, 4) is 5.75 Å². The Labute approximate surface area is 157 Å². The molecule has 0 atom stereocenters. The topological polar surface area (TPSA) is 71.7 Å². The van der Waals surface area contributed by atoms with Crippen LogP contribution in [0.5, 0.6) is 5.75 Å². The Morgan fingerprint density at radius 1 is 1.23 bits per heavy atom. The number of fused-ring (bicyclic) bond motifs is 1. The number of methoxy groups -OCH3 is 1. The van der Waals surface area contributed by atoms with E-state index in [9.17, 15) is 4.79 Å². The van der Waals surface area contributed by atoms with Crippen LogP contribution in [0.4, 0.5) is 5.13 Å². The van der Waals surface area contributed by atoms with Crippen LogP contribution in [-0.2, 0) is 19.4 Å². The van der Waals surface area contributed by atoms with Crippen LogP contribution in [0, 0.1) is 0 Å². The molecule has 0 bridgehead atoms. The van der Waals surface area contributed by atoms with Gasteiger partial charge in [-0.2, -0.15) is 0 Å². The molecule has 0 unspecified atom stereocenters. The minimum absolute atomic E-state index is 0.357. The molecule has 1 aliphatic heterocycles. The summed E-state index contributed by atoms with van der Waals surface area (Å²) in [6.45, 7) is 4.64. The number of aryl methyl sites for hydroxylation is 2. The number of carbonyl (C=O) groups is 1. The molecule has 1 saturated heterocycles. The van der Waals surface area contributed by atoms with E-state index in [1.165, 1.54) is 47.3 Å². The lowest BCUT2D eigenvalue weighted by molar-refractivity contribution is 0.0996. The number of ether oxygens (including phenoxy) is 1. The van der Waals surface area contributed by atoms with Gasteiger partial charge in [0.15, 0.2) is 5.13 Å². The fraction of sp³-hybridized carbons (Fsp3) is 0.474. The molecule has 0 radical (unpaired) electrons. The lowest BCUT2D eigenvalue weighted by atomic mass is 10.0. The van der Waals surface area contributed by atoms with Crippen LogP contribution in [0.25, 0.3) is 0 Å². The van der Waals surface area contributed by atoms with Gasteiger partial charge in [0.2, 0.25) is 0 Å². The molecule has 1 aromatic carbocycles. The Morgan fingerprint density at radius 2 is 1.96 bits per heavy atom. The van der Waals surface area contributed by atoms with Crippen LogP contribution in [0.15, 0.2) is 17.5 Å². The van der Waals surface area contributed by atoms with Crippen molar-refractivity contribution in [1.82, 2.24) is 9.88 Å². The minimum Gasteiger partial charge on any atom is -0.496 e. The maximum atomic E-state index is 11.2. The Morgan fingerprint density at radius 3 is 2.62 bits per heavy atom. The van der Waals surface area contributed by atoms with Crippen molar-refractivity contribution in [2.24, 2.45) is 5.73 Å². The van der Waals surface area contributed by atoms with Crippen LogP contribution >= 0.6 is 11.3 Å². The molecule has 2 heterocycles. The number of nitrogens with zero attached hydrogens (tertiary/aromatic N) is 3. The van der Waals surface area contributed by atoms with Crippen LogP contribution < -0.4 is 15.4 Å². The molecule has 1 aliphatic carbocycles. The van der Waals surface area contributed by atoms with Crippen molar-refractivity contribution in [2.75, 3.05) is 38.2 Å². The first-order valence-corrected chi connectivity index (χ1v) is 9.93. The predicted molar refractivity (Wildman–Crippen MR) is 103 cm³/mol. The maximum Gasteiger partial charge on any atom is 0.268 e. The summed E-state index contributed by atoms with van der Waals surface area (Å²) in [7, 11) is 1.76. The average Bonchev–Trinajstić information content (AvgIpc) is 3.31. The third-order valence-electron chi connectivity index (χ3n) is 5.28. The van der Waals surface area contributed by atoms with E-state index in [-0.39, 0.29) is 0 Å². The van der Waals surface area contributed by atoms with E-state index in [0.29, 0.717) is 5.69 Å². The highest BCUT2D eigenvalue weighted by molar-refractivity contribution is 7.13. The molecule has 6 nitrogen and oxygen atoms in total. The zero-order valence-electron chi connectivity index (χ0n) is 15.0. The standard InChI is InChI=1S/C19H24N4O2S/c1-25-17-10-14-4-2-3-13(14)9-15(17)11-22-5-7-23(8-6-22)19-21-16(12-26-19)18(20)24/h9-10,12H,2-8,11H2,1H3,(H2,20,24). The van der Waals surface area contributed by atoms with Crippen molar-refractivity contribution < 1.29 is 9.53 Å². The smallest absolute Gasteiger partial charge is 0.268 e. The van der Waals surface area contributed by atoms with Crippen LogP contribution in [-0.4, -0.2) is 49.1 Å². The fourth-order valence-corrected chi connectivity index (χ4v) is 4.70. The highest BCUT2D eigenvalue weighted by Crippen LogP contribution is 2.31. The van der Waals surface area contributed by atoms with Gasteiger partial charge in [-0.05, 0) is 36.5 Å². The summed E-state index contributed by atoms with van der Waals surface area (Å²) in [6, 6.07) is 4.57. The molecular weight excluding hydrogens is 348 g/mol. The molecule has 1 amide bonds. The Balaban J connectivity index is 1.40. The number of piperazine rings is 1. The van der Waals surface area contributed by atoms with Crippen molar-refractivity contribution in [2.45, 2.75) is 25.8 Å². The summed E-state index contributed by atoms with van der Waals surface area (Å²) in [5.41, 5.74) is 9.87. The number of anilines is 1. The first-order valence-electron chi connectivity index (χ1n) is 9.05. The summed E-state index contributed by atoms with van der Waals surface area (Å²) in [4.78, 5) is 20.2. The van der Waals surface area contributed by atoms with Gasteiger partial charge in [-0.1, -0.05) is 6.07 Å². The van der Waals surface area contributed by atoms with Crippen LogP contribution in [0.2, 0.25) is 0 Å². The molecule has 26 heavy (non-hydrogen) atoms. The number of carbonyl (C=O) groups excluding carboxylic acids is 1. The molecule has 0 spiro atoms. The van der Waals surface area contributed by atoms with Crippen molar-refractivity contribution in [3.05, 3.63) is 39.9 Å². The van der Waals surface area contributed by atoms with Gasteiger partial charge in [0.05, 0.1) is 7.11 Å². The number of amides is 1. The Bertz CT molecular complexity index is 812. The second kappa shape index (κ2) is 7.25. The monoisotopic (exact) mass is 372 g/mol. The molecule has 7 heteroatoms. The normalized spacial score (nSPS) is 17.3. The molecule has 2 aromatic rings. The van der Waals surface area contributed by atoms with Gasteiger partial charge in [0.25, 0.3) is 5.91 Å². The number of thiazole rings is 1. The summed E-state index contributed by atoms with van der Waals surface area (Å²) in [5, 5.41) is 2.62. The largest absolute Gasteiger partial charge is 0.496 e. The molecule has 138 valence electrons. The quantitative estimate of drug-likeness (QED) is 0.870. The highest BCUT2D eigenvalue weighted by Gasteiger charge is 2.22. The van der Waals surface area contributed by atoms with E-state index < -0.39 is 5.91 Å². The number of rotatable bonds is 5. The van der Waals surface area contributed by atoms with Crippen molar-refractivity contribution >= 4 is 22.4 Å². The maximum absolute atomic E-state index is 11.2. The van der Waals surface area contributed by atoms with E-state index in [0.717, 1.165) is 43.6 Å². The summed E-state index contributed by atoms with van der Waals surface area (Å²) in [6.07, 6.45) is 3.61. The summed E-state index contributed by atoms with van der Waals surface area (Å²) < 4.78 is 5.64. The van der Waals surface area contributed by atoms with Gasteiger partial charge in [-0.15, -0.1) is 11.3 Å². The predicted octanol–water partition coefficient (Wildman–Crippen LogP) is 2.06. The number of benzene rings is 1. The van der Waals surface area contributed by atoms with Gasteiger partial charge in [-0.3, -0.25) is 9.69 Å². The minimum atomic E-state index is -0.463. The fourth-order valence-electron chi connectivity index (χ4n) is 3.83. The Hall–Kier alpha value is -2.12.